The zero-order valence-corrected chi connectivity index (χ0v) is 12.9. The quantitative estimate of drug-likeness (QED) is 0.763. The molecule has 110 valence electrons. The molecule has 0 aromatic heterocycles. The Bertz CT molecular complexity index is 462. The van der Waals surface area contributed by atoms with Gasteiger partial charge >= 0.3 is 0 Å². The first-order valence-electron chi connectivity index (χ1n) is 8.15. The number of unbranched alkanes of at least 4 members (excludes halogenated alkanes) is 2. The molecule has 2 aliphatic rings. The van der Waals surface area contributed by atoms with E-state index in [1.54, 1.807) is 0 Å². The summed E-state index contributed by atoms with van der Waals surface area (Å²) in [4.78, 5) is 0. The maximum Gasteiger partial charge on any atom is 0.123 e. The normalized spacial score (nSPS) is 19.7. The molecular formula is C18H27NO. The molecule has 1 aromatic carbocycles. The number of hydrogen-bond acceptors (Lipinski definition) is 2. The van der Waals surface area contributed by atoms with Crippen molar-refractivity contribution >= 4 is 0 Å². The largest absolute Gasteiger partial charge is 0.492 e. The highest BCUT2D eigenvalue weighted by Gasteiger charge is 2.31. The average Bonchev–Trinajstić information content (AvgIpc) is 3.20. The van der Waals surface area contributed by atoms with Crippen LogP contribution in [0, 0.1) is 0 Å². The first-order chi connectivity index (χ1) is 9.65. The van der Waals surface area contributed by atoms with Gasteiger partial charge in [-0.15, -0.1) is 0 Å². The first-order valence-corrected chi connectivity index (χ1v) is 8.15. The molecule has 1 heterocycles. The van der Waals surface area contributed by atoms with E-state index in [0.29, 0.717) is 0 Å². The van der Waals surface area contributed by atoms with Gasteiger partial charge in [-0.3, -0.25) is 0 Å². The van der Waals surface area contributed by atoms with Crippen LogP contribution in [-0.2, 0) is 11.8 Å². The zero-order chi connectivity index (χ0) is 14.0. The van der Waals surface area contributed by atoms with Crippen LogP contribution in [0.1, 0.15) is 57.1 Å². The van der Waals surface area contributed by atoms with Crippen molar-refractivity contribution in [3.05, 3.63) is 29.3 Å². The molecule has 1 aliphatic carbocycles. The van der Waals surface area contributed by atoms with Crippen molar-refractivity contribution in [1.82, 2.24) is 5.32 Å². The predicted octanol–water partition coefficient (Wildman–Crippen LogP) is 3.82. The molecule has 1 fully saturated rings. The van der Waals surface area contributed by atoms with Crippen molar-refractivity contribution in [2.45, 2.75) is 63.8 Å². The molecule has 0 unspecified atom stereocenters. The summed E-state index contributed by atoms with van der Waals surface area (Å²) in [5.74, 6) is 1.09. The molecule has 0 radical (unpaired) electrons. The number of nitrogens with one attached hydrogen (secondary N) is 1. The number of rotatable bonds is 7. The summed E-state index contributed by atoms with van der Waals surface area (Å²) >= 11 is 0. The highest BCUT2D eigenvalue weighted by molar-refractivity contribution is 5.45. The van der Waals surface area contributed by atoms with Crippen LogP contribution >= 0.6 is 0 Å². The van der Waals surface area contributed by atoms with Crippen molar-refractivity contribution in [1.29, 1.82) is 0 Å². The minimum atomic E-state index is 0.180. The summed E-state index contributed by atoms with van der Waals surface area (Å²) in [6.45, 7) is 6.56. The Morgan fingerprint density at radius 1 is 1.20 bits per heavy atom. The molecule has 0 spiro atoms. The van der Waals surface area contributed by atoms with E-state index in [1.165, 1.54) is 56.2 Å². The second-order valence-corrected chi connectivity index (χ2v) is 7.04. The highest BCUT2D eigenvalue weighted by Crippen LogP contribution is 2.38. The summed E-state index contributed by atoms with van der Waals surface area (Å²) in [6.07, 6.45) is 7.94. The summed E-state index contributed by atoms with van der Waals surface area (Å²) in [5.41, 5.74) is 3.04. The number of aryl methyl sites for hydroxylation is 1. The average molecular weight is 273 g/mol. The summed E-state index contributed by atoms with van der Waals surface area (Å²) in [5, 5.41) is 3.58. The van der Waals surface area contributed by atoms with E-state index < -0.39 is 0 Å². The van der Waals surface area contributed by atoms with Gasteiger partial charge in [-0.1, -0.05) is 32.4 Å². The van der Waals surface area contributed by atoms with E-state index in [0.717, 1.165) is 18.4 Å². The smallest absolute Gasteiger partial charge is 0.123 e. The van der Waals surface area contributed by atoms with Crippen LogP contribution in [-0.4, -0.2) is 19.2 Å². The Kier molecular flexibility index (Phi) is 4.02. The van der Waals surface area contributed by atoms with Crippen molar-refractivity contribution in [3.63, 3.8) is 0 Å². The van der Waals surface area contributed by atoms with E-state index in [4.69, 9.17) is 4.74 Å². The monoisotopic (exact) mass is 273 g/mol. The van der Waals surface area contributed by atoms with Crippen molar-refractivity contribution in [3.8, 4) is 5.75 Å². The maximum absolute atomic E-state index is 5.75. The second kappa shape index (κ2) is 5.77. The van der Waals surface area contributed by atoms with Gasteiger partial charge in [0.05, 0.1) is 6.61 Å². The van der Waals surface area contributed by atoms with Gasteiger partial charge in [0.25, 0.3) is 0 Å². The predicted molar refractivity (Wildman–Crippen MR) is 83.5 cm³/mol. The highest BCUT2D eigenvalue weighted by atomic mass is 16.5. The molecule has 2 nitrogen and oxygen atoms in total. The van der Waals surface area contributed by atoms with E-state index in [9.17, 15) is 0 Å². The number of fused-ring (bicyclic) bond motifs is 1. The van der Waals surface area contributed by atoms with Gasteiger partial charge in [0, 0.05) is 17.0 Å². The van der Waals surface area contributed by atoms with E-state index >= 15 is 0 Å². The third kappa shape index (κ3) is 3.35. The number of ether oxygens (including phenoxy) is 1. The van der Waals surface area contributed by atoms with E-state index in [-0.39, 0.29) is 5.41 Å². The molecule has 0 amide bonds. The maximum atomic E-state index is 5.75. The van der Waals surface area contributed by atoms with Crippen molar-refractivity contribution < 1.29 is 4.74 Å². The second-order valence-electron chi connectivity index (χ2n) is 7.04. The lowest BCUT2D eigenvalue weighted by Gasteiger charge is -2.15. The Hall–Kier alpha value is -1.02. The molecule has 1 aliphatic heterocycles. The third-order valence-electron chi connectivity index (χ3n) is 4.51. The summed E-state index contributed by atoms with van der Waals surface area (Å²) in [6, 6.07) is 7.62. The molecule has 0 atom stereocenters. The van der Waals surface area contributed by atoms with Gasteiger partial charge < -0.3 is 10.1 Å². The van der Waals surface area contributed by atoms with E-state index in [2.05, 4.69) is 37.4 Å². The van der Waals surface area contributed by atoms with Gasteiger partial charge in [0.1, 0.15) is 5.75 Å². The molecule has 1 aromatic rings. The molecule has 3 rings (SSSR count). The fourth-order valence-corrected chi connectivity index (χ4v) is 2.95. The molecule has 1 saturated carbocycles. The van der Waals surface area contributed by atoms with Crippen LogP contribution < -0.4 is 10.1 Å². The van der Waals surface area contributed by atoms with Gasteiger partial charge in [0.2, 0.25) is 0 Å². The van der Waals surface area contributed by atoms with Gasteiger partial charge in [-0.2, -0.15) is 0 Å². The minimum Gasteiger partial charge on any atom is -0.492 e. The lowest BCUT2D eigenvalue weighted by Crippen LogP contribution is -2.18. The molecule has 0 saturated heterocycles. The third-order valence-corrected chi connectivity index (χ3v) is 4.51. The van der Waals surface area contributed by atoms with Crippen LogP contribution in [0.4, 0.5) is 0 Å². The number of hydrogen-bond donors (Lipinski definition) is 1. The van der Waals surface area contributed by atoms with Crippen LogP contribution in [0.2, 0.25) is 0 Å². The SMILES string of the molecule is CC1(C)COc2ccc(CCCCCNC3CC3)cc21. The van der Waals surface area contributed by atoms with Crippen LogP contribution in [0.15, 0.2) is 18.2 Å². The van der Waals surface area contributed by atoms with Crippen molar-refractivity contribution in [2.24, 2.45) is 0 Å². The van der Waals surface area contributed by atoms with E-state index in [1.807, 2.05) is 0 Å². The Balaban J connectivity index is 1.43. The topological polar surface area (TPSA) is 21.3 Å². The molecule has 20 heavy (non-hydrogen) atoms. The lowest BCUT2D eigenvalue weighted by atomic mass is 9.86. The summed E-state index contributed by atoms with van der Waals surface area (Å²) < 4.78 is 5.75. The minimum absolute atomic E-state index is 0.180. The van der Waals surface area contributed by atoms with Gasteiger partial charge in [-0.05, 0) is 50.3 Å². The lowest BCUT2D eigenvalue weighted by molar-refractivity contribution is 0.291. The number of benzene rings is 1. The Morgan fingerprint density at radius 2 is 2.05 bits per heavy atom. The zero-order valence-electron chi connectivity index (χ0n) is 12.9. The molecular weight excluding hydrogens is 246 g/mol. The van der Waals surface area contributed by atoms with Crippen LogP contribution in [0.5, 0.6) is 5.75 Å². The van der Waals surface area contributed by atoms with Crippen LogP contribution in [0.25, 0.3) is 0 Å². The molecule has 2 heteroatoms. The fraction of sp³-hybridized carbons (Fsp3) is 0.667. The summed E-state index contributed by atoms with van der Waals surface area (Å²) in [7, 11) is 0. The standard InChI is InChI=1S/C18H27NO/c1-18(2)13-20-17-10-7-14(12-16(17)18)6-4-3-5-11-19-15-8-9-15/h7,10,12,15,19H,3-6,8-9,11,13H2,1-2H3. The Morgan fingerprint density at radius 3 is 2.85 bits per heavy atom. The van der Waals surface area contributed by atoms with Gasteiger partial charge in [0.15, 0.2) is 0 Å². The fourth-order valence-electron chi connectivity index (χ4n) is 2.95. The first kappa shape index (κ1) is 13.9. The van der Waals surface area contributed by atoms with Gasteiger partial charge in [-0.25, -0.2) is 0 Å². The Labute approximate surface area is 122 Å². The van der Waals surface area contributed by atoms with Crippen molar-refractivity contribution in [2.75, 3.05) is 13.2 Å². The molecule has 1 N–H and O–H groups in total. The van der Waals surface area contributed by atoms with Crippen LogP contribution in [0.3, 0.4) is 0 Å². The molecule has 0 bridgehead atoms.